The highest BCUT2D eigenvalue weighted by Crippen LogP contribution is 2.23. The second-order valence-electron chi connectivity index (χ2n) is 28.1. The number of carbonyl (C=O) groups is 15. The summed E-state index contributed by atoms with van der Waals surface area (Å²) >= 11 is 0. The molecule has 1 fully saturated rings. The Balaban J connectivity index is 1.64. The van der Waals surface area contributed by atoms with E-state index < -0.39 is 187 Å². The van der Waals surface area contributed by atoms with Gasteiger partial charge < -0.3 is 113 Å². The number of nitrogens with two attached hydrogens (primary N) is 7. The fourth-order valence-corrected chi connectivity index (χ4v) is 12.2. The van der Waals surface area contributed by atoms with E-state index in [0.29, 0.717) is 47.7 Å². The highest BCUT2D eigenvalue weighted by Gasteiger charge is 2.40. The fourth-order valence-electron chi connectivity index (χ4n) is 12.2. The topological polar surface area (TPSA) is 630 Å². The minimum absolute atomic E-state index is 0.0346. The van der Waals surface area contributed by atoms with Crippen LogP contribution in [0.4, 0.5) is 0 Å². The number of carboxylic acids is 2. The summed E-state index contributed by atoms with van der Waals surface area (Å²) in [4.78, 5) is 214. The van der Waals surface area contributed by atoms with Crippen molar-refractivity contribution in [1.82, 2.24) is 63.1 Å². The number of unbranched alkanes of at least 4 members (excludes halogenated alkanes) is 2. The molecule has 0 aliphatic carbocycles. The predicted molar refractivity (Wildman–Crippen MR) is 401 cm³/mol. The van der Waals surface area contributed by atoms with Crippen LogP contribution in [0.15, 0.2) is 65.8 Å². The molecule has 12 atom stereocenters. The molecule has 0 radical (unpaired) electrons. The average molecular weight is 1530 g/mol. The van der Waals surface area contributed by atoms with E-state index in [1.165, 1.54) is 6.92 Å². The van der Waals surface area contributed by atoms with Gasteiger partial charge in [-0.1, -0.05) is 76.2 Å². The molecule has 2 aromatic carbocycles. The van der Waals surface area contributed by atoms with Crippen molar-refractivity contribution >= 4 is 106 Å². The Labute approximate surface area is 632 Å². The van der Waals surface area contributed by atoms with Gasteiger partial charge in [0.2, 0.25) is 76.8 Å². The molecule has 4 rings (SSSR count). The van der Waals surface area contributed by atoms with Gasteiger partial charge in [-0.25, -0.2) is 4.79 Å². The number of primary amides is 2. The number of aliphatic imine (C=N–C) groups is 1. The molecule has 1 aliphatic heterocycles. The number of nitrogens with one attached hydrogen (secondary N) is 11. The number of guanidine groups is 1. The minimum atomic E-state index is -1.63. The molecule has 13 amide bonds. The molecular formula is C72H112N20O17. The molecule has 1 saturated heterocycles. The first-order chi connectivity index (χ1) is 51.6. The predicted octanol–water partition coefficient (Wildman–Crippen LogP) is -3.37. The Hall–Kier alpha value is -10.8. The molecule has 0 unspecified atom stereocenters. The number of rotatable bonds is 50. The van der Waals surface area contributed by atoms with E-state index in [-0.39, 0.29) is 115 Å². The summed E-state index contributed by atoms with van der Waals surface area (Å²) in [5.41, 5.74) is 41.4. The second kappa shape index (κ2) is 46.4. The summed E-state index contributed by atoms with van der Waals surface area (Å²) in [6.07, 6.45) is 0.562. The number of aliphatic carboxylic acids is 2. The zero-order valence-corrected chi connectivity index (χ0v) is 62.6. The van der Waals surface area contributed by atoms with Gasteiger partial charge in [-0.15, -0.1) is 0 Å². The van der Waals surface area contributed by atoms with Crippen LogP contribution in [-0.2, 0) is 84.8 Å². The summed E-state index contributed by atoms with van der Waals surface area (Å²) < 4.78 is 0. The second-order valence-corrected chi connectivity index (χ2v) is 28.1. The van der Waals surface area contributed by atoms with Crippen LogP contribution in [-0.4, -0.2) is 213 Å². The Kier molecular flexibility index (Phi) is 38.6. The van der Waals surface area contributed by atoms with Gasteiger partial charge in [-0.05, 0) is 139 Å². The molecule has 1 aromatic heterocycles. The maximum Gasteiger partial charge on any atom is 0.326 e. The lowest BCUT2D eigenvalue weighted by molar-refractivity contribution is -0.149. The molecule has 27 N–H and O–H groups in total. The highest BCUT2D eigenvalue weighted by atomic mass is 16.4. The van der Waals surface area contributed by atoms with Gasteiger partial charge in [-0.2, -0.15) is 0 Å². The van der Waals surface area contributed by atoms with E-state index >= 15 is 4.79 Å². The van der Waals surface area contributed by atoms with Gasteiger partial charge >= 0.3 is 11.9 Å². The van der Waals surface area contributed by atoms with Crippen LogP contribution in [0.25, 0.3) is 10.9 Å². The van der Waals surface area contributed by atoms with Crippen molar-refractivity contribution in [3.05, 3.63) is 71.9 Å². The number of fused-ring (bicyclic) bond motifs is 1. The lowest BCUT2D eigenvalue weighted by atomic mass is 9.99. The standard InChI is InChI=1S/C72H112N20O17/c1-39(2)33-52(66(103)82-41(5)60(97)83-48(23-15-31-80-72(78)79)62(99)85-49(25-27-57(76)93)64(101)87-51(22-12-14-30-74)70(107)92-32-16-24-56(92)71(108)109)89-63(100)47(21-11-13-29-73)84-69(106)55(36-43-38-81-46-20-10-9-19-44(43)46)91-65(102)50(26-28-58(77)94)86-67(104)53(34-40(3)4)90-68(105)54(35-42-17-7-6-8-18-42)88-61(98)45(75)37-59(95)96/h6-10,17-20,38-41,45,47-56,81H,11-16,21-37,73-75H2,1-5H3,(H2,76,93)(H2,77,94)(H,82,103)(H,83,97)(H,84,106)(H,85,99)(H,86,104)(H,87,101)(H,88,98)(H,89,100)(H,90,105)(H,91,102)(H,95,96)(H,108,109)(H4,78,79,80)/t41-,45-,47-,48-,49-,50-,51-,52-,53-,54-,55-,56-/m0/s1. The van der Waals surface area contributed by atoms with Crippen LogP contribution in [0.5, 0.6) is 0 Å². The van der Waals surface area contributed by atoms with E-state index in [1.807, 2.05) is 0 Å². The number of nitrogens with zero attached hydrogens (tertiary/aromatic N) is 2. The van der Waals surface area contributed by atoms with Gasteiger partial charge in [0.05, 0.1) is 12.5 Å². The number of carboxylic acid groups (broad SMARTS) is 2. The van der Waals surface area contributed by atoms with Crippen LogP contribution in [0.1, 0.15) is 155 Å². The molecular weight excluding hydrogens is 1420 g/mol. The maximum atomic E-state index is 15.1. The first-order valence-corrected chi connectivity index (χ1v) is 36.8. The van der Waals surface area contributed by atoms with E-state index in [4.69, 9.17) is 40.1 Å². The highest BCUT2D eigenvalue weighted by molar-refractivity contribution is 6.00. The van der Waals surface area contributed by atoms with E-state index in [9.17, 15) is 77.3 Å². The van der Waals surface area contributed by atoms with Crippen molar-refractivity contribution in [2.75, 3.05) is 26.2 Å². The lowest BCUT2D eigenvalue weighted by Gasteiger charge is -2.29. The quantitative estimate of drug-likeness (QED) is 0.0149. The van der Waals surface area contributed by atoms with E-state index in [0.717, 1.165) is 4.90 Å². The van der Waals surface area contributed by atoms with Crippen molar-refractivity contribution in [3.63, 3.8) is 0 Å². The van der Waals surface area contributed by atoms with Crippen LogP contribution in [0, 0.1) is 11.8 Å². The van der Waals surface area contributed by atoms with E-state index in [1.54, 1.807) is 88.5 Å². The molecule has 0 bridgehead atoms. The summed E-state index contributed by atoms with van der Waals surface area (Å²) in [5, 5.41) is 46.1. The normalized spacial score (nSPS) is 15.7. The molecule has 602 valence electrons. The van der Waals surface area contributed by atoms with Crippen molar-refractivity contribution < 1.29 is 82.1 Å². The summed E-state index contributed by atoms with van der Waals surface area (Å²) in [7, 11) is 0. The van der Waals surface area contributed by atoms with Crippen LogP contribution < -0.4 is 93.3 Å². The molecule has 37 heteroatoms. The number of H-pyrrole nitrogens is 1. The van der Waals surface area contributed by atoms with Crippen molar-refractivity contribution in [3.8, 4) is 0 Å². The number of aromatic amines is 1. The number of amides is 13. The van der Waals surface area contributed by atoms with Crippen LogP contribution in [0.3, 0.4) is 0 Å². The van der Waals surface area contributed by atoms with Gasteiger partial charge in [0.25, 0.3) is 0 Å². The number of hydrogen-bond acceptors (Lipinski definition) is 19. The van der Waals surface area contributed by atoms with Gasteiger partial charge in [0.15, 0.2) is 5.96 Å². The van der Waals surface area contributed by atoms with Crippen molar-refractivity contribution in [2.45, 2.75) is 229 Å². The van der Waals surface area contributed by atoms with Gasteiger partial charge in [0.1, 0.15) is 66.5 Å². The fraction of sp³-hybridized carbons (Fsp3) is 0.583. The van der Waals surface area contributed by atoms with Gasteiger partial charge in [-0.3, -0.25) is 72.1 Å². The monoisotopic (exact) mass is 1530 g/mol. The third-order valence-corrected chi connectivity index (χ3v) is 18.0. The number of carbonyl (C=O) groups excluding carboxylic acids is 13. The maximum absolute atomic E-state index is 15.1. The first kappa shape index (κ1) is 90.6. The molecule has 0 saturated carbocycles. The Bertz CT molecular complexity index is 3630. The Morgan fingerprint density at radius 1 is 0.495 bits per heavy atom. The van der Waals surface area contributed by atoms with E-state index in [2.05, 4.69) is 63.1 Å². The average Bonchev–Trinajstić information content (AvgIpc) is 1.72. The van der Waals surface area contributed by atoms with Crippen molar-refractivity contribution in [1.29, 1.82) is 0 Å². The molecule has 0 spiro atoms. The van der Waals surface area contributed by atoms with Crippen LogP contribution >= 0.6 is 0 Å². The molecule has 2 heterocycles. The Morgan fingerprint density at radius 3 is 1.41 bits per heavy atom. The Morgan fingerprint density at radius 2 is 0.917 bits per heavy atom. The van der Waals surface area contributed by atoms with Gasteiger partial charge in [0, 0.05) is 55.9 Å². The largest absolute Gasteiger partial charge is 0.481 e. The van der Waals surface area contributed by atoms with Crippen molar-refractivity contribution in [2.24, 2.45) is 57.0 Å². The number of para-hydroxylation sites is 1. The SMILES string of the molecule is CC(C)C[C@H](NC(=O)[C@H](CCCCN)NC(=O)[C@H](Cc1c[nH]c2ccccc12)NC(=O)[C@H](CCC(N)=O)NC(=O)[C@H](CC(C)C)NC(=O)[C@H](Cc1ccccc1)NC(=O)[C@@H](N)CC(=O)O)C(=O)N[C@@H](C)C(=O)N[C@@H](CCCN=C(N)N)C(=O)N[C@@H](CCC(N)=O)C(=O)N[C@@H](CCCCN)C(=O)N1CCC[C@H]1C(=O)O. The zero-order valence-electron chi connectivity index (χ0n) is 62.6. The zero-order chi connectivity index (χ0) is 81.0. The number of likely N-dealkylation sites (tertiary alicyclic amines) is 1. The number of aromatic nitrogens is 1. The minimum Gasteiger partial charge on any atom is -0.481 e. The smallest absolute Gasteiger partial charge is 0.326 e. The third-order valence-electron chi connectivity index (χ3n) is 18.0. The lowest BCUT2D eigenvalue weighted by Crippen LogP contribution is -2.61. The summed E-state index contributed by atoms with van der Waals surface area (Å²) in [6.45, 7) is 8.78. The summed E-state index contributed by atoms with van der Waals surface area (Å²) in [6, 6.07) is -1.79. The number of benzene rings is 2. The van der Waals surface area contributed by atoms with Crippen LogP contribution in [0.2, 0.25) is 0 Å². The summed E-state index contributed by atoms with van der Waals surface area (Å²) in [5.74, 6) is -15.1. The first-order valence-electron chi connectivity index (χ1n) is 36.8. The molecule has 1 aliphatic rings. The number of hydrogen-bond donors (Lipinski definition) is 20. The third kappa shape index (κ3) is 31.9. The molecule has 3 aromatic rings. The molecule has 109 heavy (non-hydrogen) atoms. The molecule has 37 nitrogen and oxygen atoms in total.